The summed E-state index contributed by atoms with van der Waals surface area (Å²) in [4.78, 5) is 12.1. The minimum atomic E-state index is -0.0751. The second kappa shape index (κ2) is 8.44. The van der Waals surface area contributed by atoms with E-state index in [4.69, 9.17) is 16.3 Å². The topological polar surface area (TPSA) is 38.3 Å². The van der Waals surface area contributed by atoms with Crippen molar-refractivity contribution in [3.05, 3.63) is 59.1 Å². The predicted molar refractivity (Wildman–Crippen MR) is 90.6 cm³/mol. The lowest BCUT2D eigenvalue weighted by atomic mass is 10.1. The number of nitrogens with one attached hydrogen (secondary N) is 1. The first-order chi connectivity index (χ1) is 10.7. The summed E-state index contributed by atoms with van der Waals surface area (Å²) in [5.74, 6) is 0.634. The van der Waals surface area contributed by atoms with Crippen LogP contribution in [0.4, 0.5) is 5.69 Å². The molecule has 0 saturated heterocycles. The number of carbonyl (C=O) groups is 1. The molecular formula is C18H20ClNO2. The Morgan fingerprint density at radius 3 is 2.59 bits per heavy atom. The van der Waals surface area contributed by atoms with Crippen LogP contribution in [0.25, 0.3) is 0 Å². The summed E-state index contributed by atoms with van der Waals surface area (Å²) < 4.78 is 5.71. The molecule has 0 radical (unpaired) electrons. The van der Waals surface area contributed by atoms with Gasteiger partial charge in [0.2, 0.25) is 5.91 Å². The van der Waals surface area contributed by atoms with Crippen molar-refractivity contribution >= 4 is 23.2 Å². The lowest BCUT2D eigenvalue weighted by Gasteiger charge is -2.12. The molecule has 2 aromatic carbocycles. The van der Waals surface area contributed by atoms with Crippen molar-refractivity contribution in [2.24, 2.45) is 0 Å². The molecule has 0 saturated carbocycles. The Balaban J connectivity index is 1.97. The lowest BCUT2D eigenvalue weighted by molar-refractivity contribution is -0.115. The van der Waals surface area contributed by atoms with Crippen LogP contribution >= 0.6 is 11.6 Å². The summed E-state index contributed by atoms with van der Waals surface area (Å²) in [6, 6.07) is 14.8. The average molecular weight is 318 g/mol. The van der Waals surface area contributed by atoms with E-state index in [1.807, 2.05) is 36.4 Å². The first-order valence-electron chi connectivity index (χ1n) is 7.45. The molecule has 0 spiro atoms. The van der Waals surface area contributed by atoms with Gasteiger partial charge in [0.15, 0.2) is 0 Å². The van der Waals surface area contributed by atoms with E-state index in [1.165, 1.54) is 0 Å². The van der Waals surface area contributed by atoms with Crippen molar-refractivity contribution < 1.29 is 9.53 Å². The van der Waals surface area contributed by atoms with Gasteiger partial charge >= 0.3 is 0 Å². The van der Waals surface area contributed by atoms with Crippen LogP contribution in [0, 0.1) is 0 Å². The summed E-state index contributed by atoms with van der Waals surface area (Å²) in [5, 5.41) is 3.57. The van der Waals surface area contributed by atoms with E-state index >= 15 is 0 Å². The van der Waals surface area contributed by atoms with Crippen molar-refractivity contribution in [3.63, 3.8) is 0 Å². The van der Waals surface area contributed by atoms with Gasteiger partial charge < -0.3 is 10.1 Å². The number of halogens is 1. The minimum absolute atomic E-state index is 0.0751. The first kappa shape index (κ1) is 16.4. The zero-order chi connectivity index (χ0) is 15.8. The highest BCUT2D eigenvalue weighted by Gasteiger charge is 2.08. The van der Waals surface area contributed by atoms with Crippen LogP contribution in [0.15, 0.2) is 48.5 Å². The maximum atomic E-state index is 12.1. The monoisotopic (exact) mass is 317 g/mol. The second-order valence-corrected chi connectivity index (χ2v) is 5.49. The number of para-hydroxylation sites is 2. The van der Waals surface area contributed by atoms with Crippen molar-refractivity contribution in [2.45, 2.75) is 26.2 Å². The van der Waals surface area contributed by atoms with Crippen LogP contribution in [0.3, 0.4) is 0 Å². The molecule has 3 nitrogen and oxygen atoms in total. The van der Waals surface area contributed by atoms with Crippen LogP contribution in [-0.2, 0) is 11.2 Å². The number of amides is 1. The Kier molecular flexibility index (Phi) is 6.28. The highest BCUT2D eigenvalue weighted by atomic mass is 35.5. The molecule has 2 aromatic rings. The highest BCUT2D eigenvalue weighted by Crippen LogP contribution is 2.24. The fourth-order valence-electron chi connectivity index (χ4n) is 2.00. The predicted octanol–water partition coefficient (Wildman–Crippen LogP) is 4.70. The lowest BCUT2D eigenvalue weighted by Crippen LogP contribution is -2.15. The van der Waals surface area contributed by atoms with Gasteiger partial charge in [0.1, 0.15) is 5.75 Å². The van der Waals surface area contributed by atoms with Gasteiger partial charge in [-0.3, -0.25) is 4.79 Å². The van der Waals surface area contributed by atoms with Crippen LogP contribution in [0.2, 0.25) is 5.02 Å². The van der Waals surface area contributed by atoms with Gasteiger partial charge in [-0.2, -0.15) is 0 Å². The first-order valence-corrected chi connectivity index (χ1v) is 7.83. The summed E-state index contributed by atoms with van der Waals surface area (Å²) >= 11 is 5.84. The van der Waals surface area contributed by atoms with E-state index in [0.717, 1.165) is 18.4 Å². The van der Waals surface area contributed by atoms with Crippen LogP contribution in [0.1, 0.15) is 25.3 Å². The van der Waals surface area contributed by atoms with Crippen molar-refractivity contribution in [1.82, 2.24) is 0 Å². The van der Waals surface area contributed by atoms with Crippen molar-refractivity contribution in [3.8, 4) is 5.75 Å². The summed E-state index contributed by atoms with van der Waals surface area (Å²) in [7, 11) is 0. The Labute approximate surface area is 136 Å². The van der Waals surface area contributed by atoms with Crippen LogP contribution in [0.5, 0.6) is 5.75 Å². The van der Waals surface area contributed by atoms with Gasteiger partial charge in [-0.25, -0.2) is 0 Å². The number of ether oxygens (including phenoxy) is 1. The smallest absolute Gasteiger partial charge is 0.228 e. The molecule has 0 aromatic heterocycles. The fourth-order valence-corrected chi connectivity index (χ4v) is 2.13. The third kappa shape index (κ3) is 5.08. The molecule has 0 heterocycles. The molecule has 0 aliphatic heterocycles. The Bertz CT molecular complexity index is 611. The van der Waals surface area contributed by atoms with E-state index < -0.39 is 0 Å². The molecule has 0 aliphatic carbocycles. The number of benzene rings is 2. The second-order valence-electron chi connectivity index (χ2n) is 5.05. The molecule has 1 amide bonds. The van der Waals surface area contributed by atoms with Crippen molar-refractivity contribution in [1.29, 1.82) is 0 Å². The third-order valence-corrected chi connectivity index (χ3v) is 3.45. The molecule has 116 valence electrons. The molecular weight excluding hydrogens is 298 g/mol. The van der Waals surface area contributed by atoms with Gasteiger partial charge in [0, 0.05) is 5.02 Å². The van der Waals surface area contributed by atoms with Gasteiger partial charge in [-0.1, -0.05) is 49.2 Å². The highest BCUT2D eigenvalue weighted by molar-refractivity contribution is 6.30. The number of rotatable bonds is 7. The van der Waals surface area contributed by atoms with E-state index in [2.05, 4.69) is 12.2 Å². The maximum Gasteiger partial charge on any atom is 0.228 e. The fraction of sp³-hybridized carbons (Fsp3) is 0.278. The molecule has 1 N–H and O–H groups in total. The Morgan fingerprint density at radius 1 is 1.14 bits per heavy atom. The van der Waals surface area contributed by atoms with Gasteiger partial charge in [-0.05, 0) is 36.2 Å². The van der Waals surface area contributed by atoms with Gasteiger partial charge in [0.25, 0.3) is 0 Å². The number of carbonyl (C=O) groups excluding carboxylic acids is 1. The molecule has 4 heteroatoms. The van der Waals surface area contributed by atoms with Gasteiger partial charge in [0.05, 0.1) is 18.7 Å². The largest absolute Gasteiger partial charge is 0.491 e. The maximum absolute atomic E-state index is 12.1. The summed E-state index contributed by atoms with van der Waals surface area (Å²) in [6.45, 7) is 2.77. The summed E-state index contributed by atoms with van der Waals surface area (Å²) in [6.07, 6.45) is 2.37. The molecule has 0 fully saturated rings. The number of anilines is 1. The molecule has 22 heavy (non-hydrogen) atoms. The average Bonchev–Trinajstić information content (AvgIpc) is 2.51. The number of hydrogen-bond donors (Lipinski definition) is 1. The zero-order valence-corrected chi connectivity index (χ0v) is 13.4. The number of hydrogen-bond acceptors (Lipinski definition) is 2. The van der Waals surface area contributed by atoms with Crippen LogP contribution < -0.4 is 10.1 Å². The molecule has 0 aliphatic rings. The third-order valence-electron chi connectivity index (χ3n) is 3.19. The normalized spacial score (nSPS) is 10.3. The summed E-state index contributed by atoms with van der Waals surface area (Å²) in [5.41, 5.74) is 1.63. The van der Waals surface area contributed by atoms with Crippen LogP contribution in [-0.4, -0.2) is 12.5 Å². The number of unbranched alkanes of at least 4 members (excludes halogenated alkanes) is 1. The van der Waals surface area contributed by atoms with E-state index in [0.29, 0.717) is 29.5 Å². The van der Waals surface area contributed by atoms with Crippen molar-refractivity contribution in [2.75, 3.05) is 11.9 Å². The van der Waals surface area contributed by atoms with E-state index in [9.17, 15) is 4.79 Å². The standard InChI is InChI=1S/C18H20ClNO2/c1-2-3-12-22-17-7-5-4-6-16(17)20-18(21)13-14-8-10-15(19)11-9-14/h4-11H,2-3,12-13H2,1H3,(H,20,21). The Morgan fingerprint density at radius 2 is 1.86 bits per heavy atom. The Hall–Kier alpha value is -2.00. The molecule has 0 unspecified atom stereocenters. The van der Waals surface area contributed by atoms with Gasteiger partial charge in [-0.15, -0.1) is 0 Å². The SMILES string of the molecule is CCCCOc1ccccc1NC(=O)Cc1ccc(Cl)cc1. The molecule has 0 atom stereocenters. The molecule has 0 bridgehead atoms. The zero-order valence-electron chi connectivity index (χ0n) is 12.6. The molecule has 2 rings (SSSR count). The minimum Gasteiger partial charge on any atom is -0.491 e. The van der Waals surface area contributed by atoms with E-state index in [1.54, 1.807) is 12.1 Å². The quantitative estimate of drug-likeness (QED) is 0.752. The van der Waals surface area contributed by atoms with E-state index in [-0.39, 0.29) is 5.91 Å².